The summed E-state index contributed by atoms with van der Waals surface area (Å²) in [6, 6.07) is 11.0. The first-order valence-corrected chi connectivity index (χ1v) is 16.5. The second kappa shape index (κ2) is 12.1. The minimum atomic E-state index is -0.548. The maximum atomic E-state index is 15.3. The van der Waals surface area contributed by atoms with E-state index in [0.717, 1.165) is 49.6 Å². The Kier molecular flexibility index (Phi) is 7.85. The van der Waals surface area contributed by atoms with E-state index in [9.17, 15) is 0 Å². The molecule has 6 heterocycles. The molecule has 4 aromatic rings. The quantitative estimate of drug-likeness (QED) is 0.283. The molecule has 4 aliphatic heterocycles. The average Bonchev–Trinajstić information content (AvgIpc) is 3.62. The van der Waals surface area contributed by atoms with E-state index in [1.54, 1.807) is 6.20 Å². The highest BCUT2D eigenvalue weighted by atomic mass is 19.1. The Hall–Kier alpha value is -3.31. The molecule has 2 aromatic heterocycles. The van der Waals surface area contributed by atoms with E-state index in [2.05, 4.69) is 32.7 Å². The number of fused-ring (bicyclic) bond motifs is 3. The van der Waals surface area contributed by atoms with Gasteiger partial charge in [0.1, 0.15) is 11.6 Å². The van der Waals surface area contributed by atoms with Crippen LogP contribution in [0, 0.1) is 11.6 Å². The van der Waals surface area contributed by atoms with Crippen LogP contribution in [-0.4, -0.2) is 99.0 Å². The van der Waals surface area contributed by atoms with Gasteiger partial charge in [0.2, 0.25) is 0 Å². The van der Waals surface area contributed by atoms with Crippen molar-refractivity contribution in [2.24, 2.45) is 0 Å². The molecule has 0 N–H and O–H groups in total. The number of morpholine rings is 1. The number of piperidine rings is 2. The maximum absolute atomic E-state index is 15.3. The summed E-state index contributed by atoms with van der Waals surface area (Å²) in [7, 11) is 2.31. The monoisotopic (exact) mass is 613 g/mol. The fraction of sp³-hybridized carbons (Fsp3) is 0.514. The number of likely N-dealkylation sites (tertiary alicyclic amines) is 1. The van der Waals surface area contributed by atoms with Gasteiger partial charge < -0.3 is 14.5 Å². The van der Waals surface area contributed by atoms with Gasteiger partial charge >= 0.3 is 0 Å². The molecular weight excluding hydrogens is 572 g/mol. The lowest BCUT2D eigenvalue weighted by molar-refractivity contribution is 0.0332. The molecule has 0 radical (unpaired) electrons. The number of halogens is 2. The van der Waals surface area contributed by atoms with Gasteiger partial charge in [-0.1, -0.05) is 12.1 Å². The Morgan fingerprint density at radius 2 is 1.58 bits per heavy atom. The smallest absolute Gasteiger partial charge is 0.131 e. The van der Waals surface area contributed by atoms with Gasteiger partial charge in [0.05, 0.1) is 48.4 Å². The first-order chi connectivity index (χ1) is 22.0. The molecule has 10 heteroatoms. The fourth-order valence-electron chi connectivity index (χ4n) is 8.16. The Labute approximate surface area is 263 Å². The van der Waals surface area contributed by atoms with Crippen LogP contribution in [0.4, 0.5) is 8.78 Å². The highest BCUT2D eigenvalue weighted by Crippen LogP contribution is 2.38. The lowest BCUT2D eigenvalue weighted by Gasteiger charge is -2.44. The van der Waals surface area contributed by atoms with Crippen molar-refractivity contribution in [2.45, 2.75) is 69.2 Å². The molecule has 0 amide bonds. The van der Waals surface area contributed by atoms with Gasteiger partial charge in [-0.3, -0.25) is 14.6 Å². The van der Waals surface area contributed by atoms with Gasteiger partial charge in [-0.15, -0.1) is 0 Å². The highest BCUT2D eigenvalue weighted by Gasteiger charge is 2.41. The molecular formula is C35H41F2N7O. The van der Waals surface area contributed by atoms with Gasteiger partial charge in [-0.25, -0.2) is 13.8 Å². The number of nitrogens with zero attached hydrogens (tertiary/aromatic N) is 7. The topological polar surface area (TPSA) is 62.5 Å². The van der Waals surface area contributed by atoms with Crippen LogP contribution >= 0.6 is 0 Å². The molecule has 1 unspecified atom stereocenters. The van der Waals surface area contributed by atoms with Crippen LogP contribution in [0.3, 0.4) is 0 Å². The van der Waals surface area contributed by atoms with Gasteiger partial charge in [0.15, 0.2) is 0 Å². The zero-order chi connectivity index (χ0) is 30.5. The molecule has 0 saturated carbocycles. The summed E-state index contributed by atoms with van der Waals surface area (Å²) in [5.41, 5.74) is 4.08. The predicted octanol–water partition coefficient (Wildman–Crippen LogP) is 5.53. The van der Waals surface area contributed by atoms with E-state index < -0.39 is 11.6 Å². The molecule has 2 bridgehead atoms. The molecule has 236 valence electrons. The summed E-state index contributed by atoms with van der Waals surface area (Å²) in [6.45, 7) is 4.94. The zero-order valence-corrected chi connectivity index (χ0v) is 25.9. The minimum Gasteiger partial charge on any atom is -0.379 e. The van der Waals surface area contributed by atoms with Crippen molar-refractivity contribution in [3.63, 3.8) is 0 Å². The van der Waals surface area contributed by atoms with Crippen molar-refractivity contribution in [1.82, 2.24) is 34.4 Å². The number of hydrogen-bond acceptors (Lipinski definition) is 7. The SMILES string of the molecule is CN1[C@@H]2CC[C@H]1CC(N1CCC(n3cc(-c4cnc5cccc(-c6cc(F)c(CN7CCOCC7)c(F)c6)c5n4)cn3)CC1)C2. The summed E-state index contributed by atoms with van der Waals surface area (Å²) in [5.74, 6) is -1.10. The van der Waals surface area contributed by atoms with Gasteiger partial charge in [-0.2, -0.15) is 5.10 Å². The molecule has 0 spiro atoms. The summed E-state index contributed by atoms with van der Waals surface area (Å²) < 4.78 is 38.1. The van der Waals surface area contributed by atoms with Crippen LogP contribution in [0.1, 0.15) is 50.1 Å². The largest absolute Gasteiger partial charge is 0.379 e. The van der Waals surface area contributed by atoms with Crippen molar-refractivity contribution in [1.29, 1.82) is 0 Å². The van der Waals surface area contributed by atoms with Gasteiger partial charge in [-0.05, 0) is 69.3 Å². The van der Waals surface area contributed by atoms with Crippen LogP contribution in [-0.2, 0) is 11.3 Å². The molecule has 8 rings (SSSR count). The van der Waals surface area contributed by atoms with E-state index in [0.29, 0.717) is 60.2 Å². The summed E-state index contributed by atoms with van der Waals surface area (Å²) in [4.78, 5) is 17.0. The van der Waals surface area contributed by atoms with E-state index in [4.69, 9.17) is 14.8 Å². The van der Waals surface area contributed by atoms with Crippen LogP contribution in [0.5, 0.6) is 0 Å². The van der Waals surface area contributed by atoms with E-state index >= 15 is 8.78 Å². The normalized spacial score (nSPS) is 25.4. The lowest BCUT2D eigenvalue weighted by Crippen LogP contribution is -2.51. The number of aromatic nitrogens is 4. The lowest BCUT2D eigenvalue weighted by atomic mass is 9.93. The Balaban J connectivity index is 0.993. The van der Waals surface area contributed by atoms with Crippen molar-refractivity contribution in [2.75, 3.05) is 46.4 Å². The first-order valence-electron chi connectivity index (χ1n) is 16.5. The maximum Gasteiger partial charge on any atom is 0.131 e. The predicted molar refractivity (Wildman–Crippen MR) is 170 cm³/mol. The highest BCUT2D eigenvalue weighted by molar-refractivity contribution is 5.92. The third kappa shape index (κ3) is 5.67. The second-order valence-corrected chi connectivity index (χ2v) is 13.4. The summed E-state index contributed by atoms with van der Waals surface area (Å²) >= 11 is 0. The van der Waals surface area contributed by atoms with Crippen LogP contribution in [0.2, 0.25) is 0 Å². The molecule has 4 fully saturated rings. The van der Waals surface area contributed by atoms with Crippen LogP contribution in [0.15, 0.2) is 48.9 Å². The number of para-hydroxylation sites is 1. The molecule has 45 heavy (non-hydrogen) atoms. The Morgan fingerprint density at radius 1 is 0.844 bits per heavy atom. The molecule has 2 aromatic carbocycles. The zero-order valence-electron chi connectivity index (χ0n) is 25.9. The number of benzene rings is 2. The van der Waals surface area contributed by atoms with Crippen molar-refractivity contribution in [3.05, 3.63) is 66.1 Å². The average molecular weight is 614 g/mol. The first kappa shape index (κ1) is 29.1. The number of ether oxygens (including phenoxy) is 1. The molecule has 0 aliphatic carbocycles. The Morgan fingerprint density at radius 3 is 2.31 bits per heavy atom. The summed E-state index contributed by atoms with van der Waals surface area (Å²) in [5, 5.41) is 4.75. The fourth-order valence-corrected chi connectivity index (χ4v) is 8.16. The van der Waals surface area contributed by atoms with E-state index in [1.165, 1.54) is 37.8 Å². The van der Waals surface area contributed by atoms with Crippen molar-refractivity contribution < 1.29 is 13.5 Å². The van der Waals surface area contributed by atoms with Crippen LogP contribution < -0.4 is 0 Å². The van der Waals surface area contributed by atoms with Gasteiger partial charge in [0, 0.05) is 73.7 Å². The summed E-state index contributed by atoms with van der Waals surface area (Å²) in [6.07, 6.45) is 13.2. The number of hydrogen-bond donors (Lipinski definition) is 0. The minimum absolute atomic E-state index is 0.0874. The van der Waals surface area contributed by atoms with Gasteiger partial charge in [0.25, 0.3) is 0 Å². The Bertz CT molecular complexity index is 1640. The standard InChI is InChI=1S/C35H41F2N7O/c1-41-26-5-6-27(41)18-28(17-26)43-9-7-25(8-10-43)44-21-24(19-39-44)34-20-38-33-4-2-3-29(35(33)40-34)23-15-31(36)30(32(37)16-23)22-42-11-13-45-14-12-42/h2-4,15-16,19-21,25-28H,5-14,17-18,22H2,1H3/t26-,27+,28?. The number of rotatable bonds is 6. The third-order valence-corrected chi connectivity index (χ3v) is 10.9. The van der Waals surface area contributed by atoms with Crippen molar-refractivity contribution >= 4 is 11.0 Å². The molecule has 3 atom stereocenters. The van der Waals surface area contributed by atoms with E-state index in [1.807, 2.05) is 29.3 Å². The third-order valence-electron chi connectivity index (χ3n) is 10.9. The molecule has 4 aliphatic rings. The second-order valence-electron chi connectivity index (χ2n) is 13.4. The molecule has 8 nitrogen and oxygen atoms in total. The van der Waals surface area contributed by atoms with E-state index in [-0.39, 0.29) is 12.1 Å². The van der Waals surface area contributed by atoms with Crippen molar-refractivity contribution in [3.8, 4) is 22.4 Å². The van der Waals surface area contributed by atoms with Crippen LogP contribution in [0.25, 0.3) is 33.4 Å². The molecule has 4 saturated heterocycles.